The first-order chi connectivity index (χ1) is 8.15. The van der Waals surface area contributed by atoms with Crippen LogP contribution in [-0.4, -0.2) is 11.9 Å². The molecular weight excluding hydrogens is 280 g/mol. The van der Waals surface area contributed by atoms with Crippen LogP contribution >= 0.6 is 15.9 Å². The molecule has 1 fully saturated rings. The fraction of sp³-hybridized carbons (Fsp3) is 0.462. The lowest BCUT2D eigenvalue weighted by atomic mass is 10.1. The third-order valence-electron chi connectivity index (χ3n) is 3.61. The summed E-state index contributed by atoms with van der Waals surface area (Å²) in [5.74, 6) is 0.813. The Balaban J connectivity index is 1.83. The van der Waals surface area contributed by atoms with Gasteiger partial charge in [0.15, 0.2) is 0 Å². The van der Waals surface area contributed by atoms with Crippen LogP contribution in [-0.2, 0) is 4.79 Å². The van der Waals surface area contributed by atoms with Gasteiger partial charge in [-0.2, -0.15) is 0 Å². The predicted molar refractivity (Wildman–Crippen MR) is 70.8 cm³/mol. The van der Waals surface area contributed by atoms with Crippen molar-refractivity contribution >= 4 is 27.5 Å². The molecule has 4 heteroatoms. The highest BCUT2D eigenvalue weighted by Crippen LogP contribution is 2.37. The summed E-state index contributed by atoms with van der Waals surface area (Å²) >= 11 is 3.42. The Bertz CT molecular complexity index is 470. The van der Waals surface area contributed by atoms with Gasteiger partial charge in [0.1, 0.15) is 6.04 Å². The van der Waals surface area contributed by atoms with Crippen molar-refractivity contribution < 1.29 is 4.79 Å². The lowest BCUT2D eigenvalue weighted by Gasteiger charge is -2.17. The molecule has 2 atom stereocenters. The molecule has 0 spiro atoms. The fourth-order valence-corrected chi connectivity index (χ4v) is 2.76. The largest absolute Gasteiger partial charge is 0.324 e. The quantitative estimate of drug-likeness (QED) is 0.900. The average Bonchev–Trinajstić information content (AvgIpc) is 3.06. The van der Waals surface area contributed by atoms with Crippen molar-refractivity contribution in [2.75, 3.05) is 5.32 Å². The Morgan fingerprint density at radius 1 is 1.47 bits per heavy atom. The van der Waals surface area contributed by atoms with Gasteiger partial charge in [-0.15, -0.1) is 0 Å². The minimum absolute atomic E-state index is 0.0607. The molecule has 1 aliphatic heterocycles. The lowest BCUT2D eigenvalue weighted by molar-refractivity contribution is -0.117. The number of anilines is 1. The van der Waals surface area contributed by atoms with Gasteiger partial charge in [0, 0.05) is 21.8 Å². The summed E-state index contributed by atoms with van der Waals surface area (Å²) in [7, 11) is 0. The Morgan fingerprint density at radius 3 is 2.94 bits per heavy atom. The molecule has 17 heavy (non-hydrogen) atoms. The number of benzene rings is 1. The van der Waals surface area contributed by atoms with Gasteiger partial charge in [0.2, 0.25) is 5.91 Å². The van der Waals surface area contributed by atoms with E-state index in [-0.39, 0.29) is 11.9 Å². The molecule has 1 aromatic carbocycles. The van der Waals surface area contributed by atoms with Crippen LogP contribution in [0.15, 0.2) is 22.7 Å². The first-order valence-electron chi connectivity index (χ1n) is 6.01. The first-order valence-corrected chi connectivity index (χ1v) is 6.81. The molecule has 1 aliphatic carbocycles. The van der Waals surface area contributed by atoms with Gasteiger partial charge in [-0.1, -0.05) is 22.0 Å². The molecule has 0 saturated heterocycles. The van der Waals surface area contributed by atoms with Crippen LogP contribution in [0, 0.1) is 5.92 Å². The zero-order valence-electron chi connectivity index (χ0n) is 9.66. The van der Waals surface area contributed by atoms with Gasteiger partial charge >= 0.3 is 0 Å². The van der Waals surface area contributed by atoms with Crippen LogP contribution in [0.3, 0.4) is 0 Å². The maximum absolute atomic E-state index is 11.9. The monoisotopic (exact) mass is 294 g/mol. The van der Waals surface area contributed by atoms with Crippen molar-refractivity contribution in [2.45, 2.75) is 31.8 Å². The first kappa shape index (κ1) is 11.2. The van der Waals surface area contributed by atoms with Crippen LogP contribution in [0.2, 0.25) is 0 Å². The van der Waals surface area contributed by atoms with Crippen molar-refractivity contribution in [3.8, 4) is 0 Å². The van der Waals surface area contributed by atoms with Crippen LogP contribution in [0.4, 0.5) is 5.69 Å². The SMILES string of the molecule is CC(NC1C(=O)Nc2cc(Br)ccc21)C1CC1. The Morgan fingerprint density at radius 2 is 2.24 bits per heavy atom. The minimum atomic E-state index is -0.186. The van der Waals surface area contributed by atoms with Crippen molar-refractivity contribution in [3.05, 3.63) is 28.2 Å². The fourth-order valence-electron chi connectivity index (χ4n) is 2.40. The van der Waals surface area contributed by atoms with E-state index in [1.165, 1.54) is 12.8 Å². The van der Waals surface area contributed by atoms with E-state index in [0.29, 0.717) is 6.04 Å². The molecule has 3 rings (SSSR count). The number of hydrogen-bond acceptors (Lipinski definition) is 2. The molecule has 2 aliphatic rings. The van der Waals surface area contributed by atoms with Crippen LogP contribution in [0.1, 0.15) is 31.4 Å². The Labute approximate surface area is 109 Å². The Kier molecular flexibility index (Phi) is 2.71. The highest BCUT2D eigenvalue weighted by molar-refractivity contribution is 9.10. The van der Waals surface area contributed by atoms with E-state index in [1.807, 2.05) is 18.2 Å². The van der Waals surface area contributed by atoms with Crippen LogP contribution < -0.4 is 10.6 Å². The maximum Gasteiger partial charge on any atom is 0.246 e. The molecule has 0 bridgehead atoms. The highest BCUT2D eigenvalue weighted by Gasteiger charge is 2.35. The number of fused-ring (bicyclic) bond motifs is 1. The van der Waals surface area contributed by atoms with E-state index >= 15 is 0 Å². The number of nitrogens with one attached hydrogen (secondary N) is 2. The second-order valence-corrected chi connectivity index (χ2v) is 5.86. The number of amides is 1. The van der Waals surface area contributed by atoms with Crippen molar-refractivity contribution in [2.24, 2.45) is 5.92 Å². The van der Waals surface area contributed by atoms with Gasteiger partial charge < -0.3 is 5.32 Å². The van der Waals surface area contributed by atoms with Crippen molar-refractivity contribution in [1.29, 1.82) is 0 Å². The number of hydrogen-bond donors (Lipinski definition) is 2. The molecule has 90 valence electrons. The molecule has 0 radical (unpaired) electrons. The van der Waals surface area contributed by atoms with Crippen molar-refractivity contribution in [1.82, 2.24) is 5.32 Å². The van der Waals surface area contributed by atoms with Gasteiger partial charge in [0.25, 0.3) is 0 Å². The van der Waals surface area contributed by atoms with E-state index in [2.05, 4.69) is 33.5 Å². The van der Waals surface area contributed by atoms with Gasteiger partial charge in [0.05, 0.1) is 0 Å². The van der Waals surface area contributed by atoms with Crippen molar-refractivity contribution in [3.63, 3.8) is 0 Å². The molecule has 1 saturated carbocycles. The van der Waals surface area contributed by atoms with Gasteiger partial charge in [-0.05, 0) is 37.8 Å². The van der Waals surface area contributed by atoms with E-state index in [1.54, 1.807) is 0 Å². The molecule has 3 nitrogen and oxygen atoms in total. The van der Waals surface area contributed by atoms with Crippen LogP contribution in [0.25, 0.3) is 0 Å². The van der Waals surface area contributed by atoms with Crippen LogP contribution in [0.5, 0.6) is 0 Å². The molecule has 2 unspecified atom stereocenters. The van der Waals surface area contributed by atoms with E-state index in [4.69, 9.17) is 0 Å². The van der Waals surface area contributed by atoms with Gasteiger partial charge in [-0.3, -0.25) is 10.1 Å². The third-order valence-corrected chi connectivity index (χ3v) is 4.10. The number of carbonyl (C=O) groups excluding carboxylic acids is 1. The highest BCUT2D eigenvalue weighted by atomic mass is 79.9. The van der Waals surface area contributed by atoms with E-state index < -0.39 is 0 Å². The second kappa shape index (κ2) is 4.10. The van der Waals surface area contributed by atoms with E-state index in [0.717, 1.165) is 21.6 Å². The molecule has 1 aromatic rings. The molecule has 1 amide bonds. The summed E-state index contributed by atoms with van der Waals surface area (Å²) in [6.45, 7) is 2.17. The average molecular weight is 295 g/mol. The topological polar surface area (TPSA) is 41.1 Å². The summed E-state index contributed by atoms with van der Waals surface area (Å²) in [4.78, 5) is 11.9. The van der Waals surface area contributed by atoms with Gasteiger partial charge in [-0.25, -0.2) is 0 Å². The Hall–Kier alpha value is -0.870. The number of halogens is 1. The maximum atomic E-state index is 11.9. The summed E-state index contributed by atoms with van der Waals surface area (Å²) in [6, 6.07) is 6.18. The van der Waals surface area contributed by atoms with E-state index in [9.17, 15) is 4.79 Å². The molecule has 0 aromatic heterocycles. The molecular formula is C13H15BrN2O. The number of carbonyl (C=O) groups is 1. The zero-order chi connectivity index (χ0) is 12.0. The minimum Gasteiger partial charge on any atom is -0.324 e. The second-order valence-electron chi connectivity index (χ2n) is 4.95. The normalized spacial score (nSPS) is 24.4. The predicted octanol–water partition coefficient (Wildman–Crippen LogP) is 2.83. The summed E-state index contributed by atoms with van der Waals surface area (Å²) < 4.78 is 0.993. The zero-order valence-corrected chi connectivity index (χ0v) is 11.3. The third kappa shape index (κ3) is 2.11. The molecule has 2 N–H and O–H groups in total. The number of rotatable bonds is 3. The summed E-state index contributed by atoms with van der Waals surface area (Å²) in [6.07, 6.45) is 2.57. The standard InChI is InChI=1S/C13H15BrN2O/c1-7(8-2-3-8)15-12-10-5-4-9(14)6-11(10)16-13(12)17/h4-8,12,15H,2-3H2,1H3,(H,16,17). The summed E-state index contributed by atoms with van der Waals surface area (Å²) in [5, 5.41) is 6.36. The molecule has 1 heterocycles. The lowest BCUT2D eigenvalue weighted by Crippen LogP contribution is -2.35. The smallest absolute Gasteiger partial charge is 0.246 e. The summed E-state index contributed by atoms with van der Waals surface area (Å²) in [5.41, 5.74) is 1.98.